The molecule has 0 aliphatic heterocycles. The first-order valence-corrected chi connectivity index (χ1v) is 14.8. The molecule has 0 fully saturated rings. The maximum absolute atomic E-state index is 13.1. The van der Waals surface area contributed by atoms with Crippen molar-refractivity contribution in [2.75, 3.05) is 33.4 Å². The lowest BCUT2D eigenvalue weighted by atomic mass is 9.86. The van der Waals surface area contributed by atoms with Crippen LogP contribution in [0.4, 0.5) is 0 Å². The van der Waals surface area contributed by atoms with Gasteiger partial charge in [-0.25, -0.2) is 0 Å². The topological polar surface area (TPSA) is 38.8 Å². The summed E-state index contributed by atoms with van der Waals surface area (Å²) in [4.78, 5) is 15.5. The van der Waals surface area contributed by atoms with Gasteiger partial charge in [0.15, 0.2) is 5.78 Å². The minimum atomic E-state index is 0.0372. The summed E-state index contributed by atoms with van der Waals surface area (Å²) in [7, 11) is 1.71. The van der Waals surface area contributed by atoms with Gasteiger partial charge in [-0.1, -0.05) is 76.1 Å². The number of hydrogen-bond acceptors (Lipinski definition) is 4. The lowest BCUT2D eigenvalue weighted by Crippen LogP contribution is -2.27. The number of ether oxygens (including phenoxy) is 2. The third-order valence-corrected chi connectivity index (χ3v) is 8.32. The molecule has 0 saturated heterocycles. The molecule has 0 amide bonds. The van der Waals surface area contributed by atoms with E-state index in [1.807, 2.05) is 12.1 Å². The van der Waals surface area contributed by atoms with Gasteiger partial charge in [-0.15, -0.1) is 0 Å². The van der Waals surface area contributed by atoms with Gasteiger partial charge in [-0.05, 0) is 88.4 Å². The van der Waals surface area contributed by atoms with E-state index in [4.69, 9.17) is 9.47 Å². The van der Waals surface area contributed by atoms with Crippen LogP contribution in [0.25, 0.3) is 21.9 Å². The second-order valence-electron chi connectivity index (χ2n) is 10.7. The van der Waals surface area contributed by atoms with Gasteiger partial charge in [0.2, 0.25) is 0 Å². The molecule has 4 nitrogen and oxygen atoms in total. The number of likely N-dealkylation sites (N-methyl/N-ethyl adjacent to an activating group) is 1. The number of ketones is 1. The van der Waals surface area contributed by atoms with Crippen LogP contribution in [0.15, 0.2) is 72.8 Å². The van der Waals surface area contributed by atoms with Gasteiger partial charge < -0.3 is 14.4 Å². The van der Waals surface area contributed by atoms with Gasteiger partial charge in [-0.2, -0.15) is 0 Å². The molecule has 1 unspecified atom stereocenters. The maximum Gasteiger partial charge on any atom is 0.162 e. The summed E-state index contributed by atoms with van der Waals surface area (Å²) in [5.41, 5.74) is 6.96. The van der Waals surface area contributed by atoms with E-state index in [-0.39, 0.29) is 11.7 Å². The number of nitrogens with zero attached hydrogens (tertiary/aromatic N) is 1. The molecule has 0 radical (unpaired) electrons. The van der Waals surface area contributed by atoms with Crippen LogP contribution in [0.1, 0.15) is 79.4 Å². The van der Waals surface area contributed by atoms with Crippen molar-refractivity contribution in [2.45, 2.75) is 52.4 Å². The van der Waals surface area contributed by atoms with Crippen molar-refractivity contribution in [1.29, 1.82) is 0 Å². The average Bonchev–Trinajstić information content (AvgIpc) is 3.33. The Morgan fingerprint density at radius 3 is 2.30 bits per heavy atom. The first kappa shape index (κ1) is 27.9. The molecule has 0 heterocycles. The molecule has 1 atom stereocenters. The Morgan fingerprint density at radius 2 is 1.57 bits per heavy atom. The van der Waals surface area contributed by atoms with E-state index in [1.165, 1.54) is 33.2 Å². The molecular weight excluding hydrogens is 494 g/mol. The second kappa shape index (κ2) is 12.7. The Bertz CT molecular complexity index is 1470. The predicted molar refractivity (Wildman–Crippen MR) is 165 cm³/mol. The fourth-order valence-corrected chi connectivity index (χ4v) is 6.00. The van der Waals surface area contributed by atoms with Crippen LogP contribution < -0.4 is 9.47 Å². The fraction of sp³-hybridized carbons (Fsp3) is 0.361. The summed E-state index contributed by atoms with van der Waals surface area (Å²) in [6, 6.07) is 25.6. The first-order valence-electron chi connectivity index (χ1n) is 14.8. The van der Waals surface area contributed by atoms with Crippen molar-refractivity contribution < 1.29 is 14.3 Å². The summed E-state index contributed by atoms with van der Waals surface area (Å²) in [6.45, 7) is 10.2. The summed E-state index contributed by atoms with van der Waals surface area (Å²) >= 11 is 0. The van der Waals surface area contributed by atoms with Crippen molar-refractivity contribution in [1.82, 2.24) is 4.90 Å². The SMILES string of the molecule is CCCCCC(=O)c1ccc2c(c1)C(c1ccc(OCCN(CC)CC)cc1)c1c-2ccc2cc(OC)ccc12. The number of benzene rings is 4. The van der Waals surface area contributed by atoms with Crippen LogP contribution in [-0.2, 0) is 0 Å². The Labute approximate surface area is 238 Å². The molecule has 1 aliphatic carbocycles. The summed E-state index contributed by atoms with van der Waals surface area (Å²) in [5.74, 6) is 2.01. The quantitative estimate of drug-likeness (QED) is 0.112. The van der Waals surface area contributed by atoms with Gasteiger partial charge in [0.25, 0.3) is 0 Å². The predicted octanol–water partition coefficient (Wildman–Crippen LogP) is 8.49. The zero-order valence-corrected chi connectivity index (χ0v) is 24.3. The van der Waals surface area contributed by atoms with Crippen LogP contribution in [0.5, 0.6) is 11.5 Å². The third kappa shape index (κ3) is 5.64. The molecule has 4 aromatic carbocycles. The highest BCUT2D eigenvalue weighted by Gasteiger charge is 2.32. The van der Waals surface area contributed by atoms with Crippen molar-refractivity contribution >= 4 is 16.6 Å². The Balaban J connectivity index is 1.53. The standard InChI is InChI=1S/C36H41NO3/c1-5-8-9-10-34(38)27-14-18-31-32-19-13-26-23-29(39-4)17-20-30(26)36(32)35(33(31)24-27)25-11-15-28(16-12-25)40-22-21-37(6-2)7-3/h11-20,23-24,35H,5-10,21-22H2,1-4H3. The van der Waals surface area contributed by atoms with Crippen molar-refractivity contribution in [3.8, 4) is 22.6 Å². The highest BCUT2D eigenvalue weighted by atomic mass is 16.5. The zero-order chi connectivity index (χ0) is 28.1. The molecule has 0 aromatic heterocycles. The van der Waals surface area contributed by atoms with E-state index < -0.39 is 0 Å². The largest absolute Gasteiger partial charge is 0.497 e. The highest BCUT2D eigenvalue weighted by Crippen LogP contribution is 2.51. The van der Waals surface area contributed by atoms with Crippen LogP contribution >= 0.6 is 0 Å². The molecule has 4 heteroatoms. The average molecular weight is 536 g/mol. The van der Waals surface area contributed by atoms with E-state index in [9.17, 15) is 4.79 Å². The minimum absolute atomic E-state index is 0.0372. The van der Waals surface area contributed by atoms with Gasteiger partial charge in [0.1, 0.15) is 18.1 Å². The van der Waals surface area contributed by atoms with Crippen LogP contribution in [-0.4, -0.2) is 44.0 Å². The van der Waals surface area contributed by atoms with Gasteiger partial charge in [0.05, 0.1) is 7.11 Å². The summed E-state index contributed by atoms with van der Waals surface area (Å²) in [6.07, 6.45) is 3.75. The number of hydrogen-bond donors (Lipinski definition) is 0. The van der Waals surface area contributed by atoms with E-state index in [1.54, 1.807) is 7.11 Å². The number of Topliss-reactive ketones (excluding diaryl/α,β-unsaturated/α-hetero) is 1. The lowest BCUT2D eigenvalue weighted by molar-refractivity contribution is 0.0979. The number of unbranched alkanes of at least 4 members (excludes halogenated alkanes) is 2. The minimum Gasteiger partial charge on any atom is -0.497 e. The lowest BCUT2D eigenvalue weighted by Gasteiger charge is -2.19. The van der Waals surface area contributed by atoms with Gasteiger partial charge in [-0.3, -0.25) is 4.79 Å². The molecule has 1 aliphatic rings. The smallest absolute Gasteiger partial charge is 0.162 e. The number of carbonyl (C=O) groups is 1. The van der Waals surface area contributed by atoms with Crippen molar-refractivity contribution in [2.24, 2.45) is 0 Å². The van der Waals surface area contributed by atoms with Crippen molar-refractivity contribution in [3.05, 3.63) is 95.1 Å². The second-order valence-corrected chi connectivity index (χ2v) is 10.7. The van der Waals surface area contributed by atoms with Crippen LogP contribution in [0, 0.1) is 0 Å². The number of methoxy groups -OCH3 is 1. The number of rotatable bonds is 13. The summed E-state index contributed by atoms with van der Waals surface area (Å²) in [5, 5.41) is 2.37. The fourth-order valence-electron chi connectivity index (χ4n) is 6.00. The van der Waals surface area contributed by atoms with E-state index in [2.05, 4.69) is 86.3 Å². The molecule has 5 rings (SSSR count). The molecule has 208 valence electrons. The monoisotopic (exact) mass is 535 g/mol. The van der Waals surface area contributed by atoms with Crippen molar-refractivity contribution in [3.63, 3.8) is 0 Å². The number of fused-ring (bicyclic) bond motifs is 5. The summed E-state index contributed by atoms with van der Waals surface area (Å²) < 4.78 is 11.6. The Kier molecular flexibility index (Phi) is 8.86. The van der Waals surface area contributed by atoms with E-state index in [0.29, 0.717) is 13.0 Å². The molecule has 0 bridgehead atoms. The molecular formula is C36H41NO3. The molecule has 0 N–H and O–H groups in total. The normalized spacial score (nSPS) is 13.9. The molecule has 4 aromatic rings. The molecule has 0 spiro atoms. The zero-order valence-electron chi connectivity index (χ0n) is 24.3. The highest BCUT2D eigenvalue weighted by molar-refractivity contribution is 6.01. The molecule has 40 heavy (non-hydrogen) atoms. The first-order chi connectivity index (χ1) is 19.6. The third-order valence-electron chi connectivity index (χ3n) is 8.32. The Hall–Kier alpha value is -3.63. The number of carbonyl (C=O) groups excluding carboxylic acids is 1. The van der Waals surface area contributed by atoms with E-state index in [0.717, 1.165) is 61.3 Å². The van der Waals surface area contributed by atoms with E-state index >= 15 is 0 Å². The Morgan fingerprint density at radius 1 is 0.825 bits per heavy atom. The maximum atomic E-state index is 13.1. The van der Waals surface area contributed by atoms with Gasteiger partial charge in [0, 0.05) is 24.4 Å². The molecule has 0 saturated carbocycles. The van der Waals surface area contributed by atoms with Crippen LogP contribution in [0.2, 0.25) is 0 Å². The van der Waals surface area contributed by atoms with Gasteiger partial charge >= 0.3 is 0 Å². The van der Waals surface area contributed by atoms with Crippen LogP contribution in [0.3, 0.4) is 0 Å².